The number of anilines is 1. The van der Waals surface area contributed by atoms with E-state index in [1.54, 1.807) is 0 Å². The molecule has 2 aromatic rings. The van der Waals surface area contributed by atoms with Crippen molar-refractivity contribution in [2.45, 2.75) is 58.2 Å². The first kappa shape index (κ1) is 19.1. The van der Waals surface area contributed by atoms with E-state index in [0.717, 1.165) is 36.1 Å². The number of benzene rings is 2. The van der Waals surface area contributed by atoms with Crippen LogP contribution in [0.1, 0.15) is 50.2 Å². The van der Waals surface area contributed by atoms with Crippen molar-refractivity contribution in [3.63, 3.8) is 0 Å². The standard InChI is InChI=1S/C22H27BrN2O/c1-2-3-4-8-11-21-22(26)24-20-13-12-19(23)14-18(20)16-25(21)15-17-9-6-5-7-10-17/h5-7,9-10,12-14,21H,2-4,8,11,15-16H2,1H3,(H,24,26). The summed E-state index contributed by atoms with van der Waals surface area (Å²) in [4.78, 5) is 15.3. The largest absolute Gasteiger partial charge is 0.324 e. The van der Waals surface area contributed by atoms with Gasteiger partial charge in [0.2, 0.25) is 5.91 Å². The topological polar surface area (TPSA) is 32.3 Å². The van der Waals surface area contributed by atoms with Crippen LogP contribution in [0.5, 0.6) is 0 Å². The van der Waals surface area contributed by atoms with Crippen LogP contribution < -0.4 is 5.32 Å². The Morgan fingerprint density at radius 2 is 1.92 bits per heavy atom. The molecule has 3 rings (SSSR count). The number of rotatable bonds is 7. The minimum absolute atomic E-state index is 0.0850. The zero-order valence-electron chi connectivity index (χ0n) is 15.4. The summed E-state index contributed by atoms with van der Waals surface area (Å²) in [5.74, 6) is 0.124. The summed E-state index contributed by atoms with van der Waals surface area (Å²) in [6.45, 7) is 3.79. The molecule has 1 heterocycles. The Balaban J connectivity index is 1.83. The van der Waals surface area contributed by atoms with Gasteiger partial charge < -0.3 is 5.32 Å². The first-order chi connectivity index (χ1) is 12.7. The molecule has 2 aromatic carbocycles. The Hall–Kier alpha value is -1.65. The number of hydrogen-bond acceptors (Lipinski definition) is 2. The molecule has 1 amide bonds. The minimum Gasteiger partial charge on any atom is -0.324 e. The monoisotopic (exact) mass is 414 g/mol. The second-order valence-corrected chi connectivity index (χ2v) is 7.96. The van der Waals surface area contributed by atoms with Crippen LogP contribution in [0.25, 0.3) is 0 Å². The van der Waals surface area contributed by atoms with Crippen molar-refractivity contribution >= 4 is 27.5 Å². The third-order valence-corrected chi connectivity index (χ3v) is 5.49. The van der Waals surface area contributed by atoms with Gasteiger partial charge in [-0.2, -0.15) is 0 Å². The predicted molar refractivity (Wildman–Crippen MR) is 111 cm³/mol. The summed E-state index contributed by atoms with van der Waals surface area (Å²) < 4.78 is 1.05. The van der Waals surface area contributed by atoms with E-state index in [1.807, 2.05) is 18.2 Å². The second kappa shape index (κ2) is 9.33. The Morgan fingerprint density at radius 1 is 1.12 bits per heavy atom. The third-order valence-electron chi connectivity index (χ3n) is 5.00. The summed E-state index contributed by atoms with van der Waals surface area (Å²) >= 11 is 3.56. The fourth-order valence-corrected chi connectivity index (χ4v) is 4.00. The molecule has 1 unspecified atom stereocenters. The van der Waals surface area contributed by atoms with E-state index < -0.39 is 0 Å². The summed E-state index contributed by atoms with van der Waals surface area (Å²) in [7, 11) is 0. The molecular formula is C22H27BrN2O. The van der Waals surface area contributed by atoms with Crippen molar-refractivity contribution in [3.8, 4) is 0 Å². The molecule has 3 nitrogen and oxygen atoms in total. The molecule has 4 heteroatoms. The van der Waals surface area contributed by atoms with Gasteiger partial charge in [0.25, 0.3) is 0 Å². The fraction of sp³-hybridized carbons (Fsp3) is 0.409. The van der Waals surface area contributed by atoms with Gasteiger partial charge in [0.15, 0.2) is 0 Å². The van der Waals surface area contributed by atoms with Gasteiger partial charge in [0.05, 0.1) is 6.04 Å². The van der Waals surface area contributed by atoms with Crippen LogP contribution in [0.4, 0.5) is 5.69 Å². The van der Waals surface area contributed by atoms with Gasteiger partial charge in [-0.15, -0.1) is 0 Å². The highest BCUT2D eigenvalue weighted by Crippen LogP contribution is 2.29. The molecule has 0 fully saturated rings. The van der Waals surface area contributed by atoms with Gasteiger partial charge >= 0.3 is 0 Å². The molecule has 26 heavy (non-hydrogen) atoms. The van der Waals surface area contributed by atoms with E-state index in [1.165, 1.54) is 30.4 Å². The molecule has 0 spiro atoms. The lowest BCUT2D eigenvalue weighted by molar-refractivity contribution is -0.121. The predicted octanol–water partition coefficient (Wildman–Crippen LogP) is 5.74. The van der Waals surface area contributed by atoms with Gasteiger partial charge in [-0.3, -0.25) is 9.69 Å². The Kier molecular flexibility index (Phi) is 6.86. The highest BCUT2D eigenvalue weighted by atomic mass is 79.9. The zero-order chi connectivity index (χ0) is 18.4. The van der Waals surface area contributed by atoms with E-state index in [4.69, 9.17) is 0 Å². The summed E-state index contributed by atoms with van der Waals surface area (Å²) in [6.07, 6.45) is 5.65. The van der Waals surface area contributed by atoms with E-state index >= 15 is 0 Å². The fourth-order valence-electron chi connectivity index (χ4n) is 3.59. The molecule has 0 aliphatic carbocycles. The molecular weight excluding hydrogens is 388 g/mol. The van der Waals surface area contributed by atoms with Crippen LogP contribution in [0.15, 0.2) is 53.0 Å². The van der Waals surface area contributed by atoms with Crippen molar-refractivity contribution in [1.82, 2.24) is 4.90 Å². The molecule has 1 N–H and O–H groups in total. The van der Waals surface area contributed by atoms with Crippen molar-refractivity contribution in [2.24, 2.45) is 0 Å². The maximum Gasteiger partial charge on any atom is 0.241 e. The van der Waals surface area contributed by atoms with E-state index in [0.29, 0.717) is 0 Å². The van der Waals surface area contributed by atoms with Crippen LogP contribution in [-0.2, 0) is 17.9 Å². The smallest absolute Gasteiger partial charge is 0.241 e. The minimum atomic E-state index is -0.0850. The number of nitrogens with zero attached hydrogens (tertiary/aromatic N) is 1. The van der Waals surface area contributed by atoms with E-state index in [9.17, 15) is 4.79 Å². The van der Waals surface area contributed by atoms with Gasteiger partial charge in [-0.05, 0) is 35.7 Å². The number of amides is 1. The molecule has 0 saturated heterocycles. The van der Waals surface area contributed by atoms with Crippen LogP contribution in [-0.4, -0.2) is 16.8 Å². The van der Waals surface area contributed by atoms with Gasteiger partial charge in [0.1, 0.15) is 0 Å². The number of carbonyl (C=O) groups excluding carboxylic acids is 1. The van der Waals surface area contributed by atoms with E-state index in [2.05, 4.69) is 63.4 Å². The zero-order valence-corrected chi connectivity index (χ0v) is 17.0. The highest BCUT2D eigenvalue weighted by molar-refractivity contribution is 9.10. The van der Waals surface area contributed by atoms with Gasteiger partial charge in [-0.25, -0.2) is 0 Å². The molecule has 0 saturated carbocycles. The first-order valence-corrected chi connectivity index (χ1v) is 10.3. The molecule has 1 aliphatic heterocycles. The van der Waals surface area contributed by atoms with Crippen LogP contribution in [0.2, 0.25) is 0 Å². The molecule has 138 valence electrons. The number of carbonyl (C=O) groups is 1. The van der Waals surface area contributed by atoms with Crippen LogP contribution >= 0.6 is 15.9 Å². The number of fused-ring (bicyclic) bond motifs is 1. The lowest BCUT2D eigenvalue weighted by Gasteiger charge is -2.28. The Labute approximate surface area is 164 Å². The molecule has 0 radical (unpaired) electrons. The SMILES string of the molecule is CCCCCCC1C(=O)Nc2ccc(Br)cc2CN1Cc1ccccc1. The van der Waals surface area contributed by atoms with Crippen molar-refractivity contribution in [1.29, 1.82) is 0 Å². The van der Waals surface area contributed by atoms with Crippen LogP contribution in [0, 0.1) is 0 Å². The maximum absolute atomic E-state index is 13.0. The van der Waals surface area contributed by atoms with Crippen molar-refractivity contribution in [2.75, 3.05) is 5.32 Å². The van der Waals surface area contributed by atoms with E-state index in [-0.39, 0.29) is 11.9 Å². The highest BCUT2D eigenvalue weighted by Gasteiger charge is 2.30. The number of halogens is 1. The molecule has 1 atom stereocenters. The first-order valence-electron chi connectivity index (χ1n) is 9.54. The normalized spacial score (nSPS) is 17.5. The van der Waals surface area contributed by atoms with Crippen LogP contribution in [0.3, 0.4) is 0 Å². The van der Waals surface area contributed by atoms with Crippen molar-refractivity contribution in [3.05, 3.63) is 64.1 Å². The van der Waals surface area contributed by atoms with Crippen molar-refractivity contribution < 1.29 is 4.79 Å². The molecule has 0 bridgehead atoms. The molecule has 0 aromatic heterocycles. The second-order valence-electron chi connectivity index (χ2n) is 7.05. The summed E-state index contributed by atoms with van der Waals surface area (Å²) in [6, 6.07) is 16.5. The average Bonchev–Trinajstić information content (AvgIpc) is 2.76. The Bertz CT molecular complexity index is 732. The lowest BCUT2D eigenvalue weighted by atomic mass is 10.0. The number of unbranched alkanes of at least 4 members (excludes halogenated alkanes) is 3. The van der Waals surface area contributed by atoms with Gasteiger partial charge in [-0.1, -0.05) is 78.9 Å². The number of nitrogens with one attached hydrogen (secondary N) is 1. The average molecular weight is 415 g/mol. The number of hydrogen-bond donors (Lipinski definition) is 1. The lowest BCUT2D eigenvalue weighted by Crippen LogP contribution is -2.41. The summed E-state index contributed by atoms with van der Waals surface area (Å²) in [5, 5.41) is 3.15. The maximum atomic E-state index is 13.0. The van der Waals surface area contributed by atoms with Gasteiger partial charge in [0, 0.05) is 23.2 Å². The third kappa shape index (κ3) is 4.95. The quantitative estimate of drug-likeness (QED) is 0.585. The Morgan fingerprint density at radius 3 is 2.69 bits per heavy atom. The molecule has 1 aliphatic rings. The summed E-state index contributed by atoms with van der Waals surface area (Å²) in [5.41, 5.74) is 3.35.